The highest BCUT2D eigenvalue weighted by atomic mass is 16.5. The third-order valence-electron chi connectivity index (χ3n) is 4.25. The van der Waals surface area contributed by atoms with Crippen LogP contribution in [-0.2, 0) is 0 Å². The van der Waals surface area contributed by atoms with Crippen molar-refractivity contribution in [3.63, 3.8) is 0 Å². The largest absolute Gasteiger partial charge is 0.497 e. The van der Waals surface area contributed by atoms with Crippen LogP contribution in [0.2, 0.25) is 0 Å². The fraction of sp³-hybridized carbons (Fsp3) is 0.278. The van der Waals surface area contributed by atoms with Crippen LogP contribution >= 0.6 is 0 Å². The van der Waals surface area contributed by atoms with Crippen molar-refractivity contribution < 1.29 is 14.4 Å². The Bertz CT molecular complexity index is 863. The van der Waals surface area contributed by atoms with Crippen LogP contribution in [-0.4, -0.2) is 46.5 Å². The zero-order chi connectivity index (χ0) is 17.2. The molecular weight excluding hydrogens is 320 g/mol. The second kappa shape index (κ2) is 6.52. The SMILES string of the molecule is COc1ccc(-c2noc(-c3cccnc3N3CCC(O)C3)n2)cc1. The average Bonchev–Trinajstić information content (AvgIpc) is 3.31. The van der Waals surface area contributed by atoms with E-state index in [-0.39, 0.29) is 6.10 Å². The molecule has 1 saturated heterocycles. The average molecular weight is 338 g/mol. The van der Waals surface area contributed by atoms with Gasteiger partial charge < -0.3 is 19.3 Å². The third kappa shape index (κ3) is 3.06. The summed E-state index contributed by atoms with van der Waals surface area (Å²) in [7, 11) is 1.63. The minimum atomic E-state index is -0.326. The van der Waals surface area contributed by atoms with Crippen molar-refractivity contribution in [1.29, 1.82) is 0 Å². The van der Waals surface area contributed by atoms with Crippen LogP contribution in [0.4, 0.5) is 5.82 Å². The number of nitrogens with zero attached hydrogens (tertiary/aromatic N) is 4. The van der Waals surface area contributed by atoms with Crippen molar-refractivity contribution in [3.8, 4) is 28.6 Å². The van der Waals surface area contributed by atoms with Crippen LogP contribution in [0.15, 0.2) is 47.1 Å². The van der Waals surface area contributed by atoms with E-state index < -0.39 is 0 Å². The molecule has 0 saturated carbocycles. The summed E-state index contributed by atoms with van der Waals surface area (Å²) in [6.45, 7) is 1.31. The van der Waals surface area contributed by atoms with Gasteiger partial charge >= 0.3 is 0 Å². The number of pyridine rings is 1. The van der Waals surface area contributed by atoms with Crippen molar-refractivity contribution in [1.82, 2.24) is 15.1 Å². The molecule has 7 nitrogen and oxygen atoms in total. The van der Waals surface area contributed by atoms with Crippen molar-refractivity contribution in [2.24, 2.45) is 0 Å². The van der Waals surface area contributed by atoms with Crippen molar-refractivity contribution in [2.45, 2.75) is 12.5 Å². The summed E-state index contributed by atoms with van der Waals surface area (Å²) < 4.78 is 10.6. The Labute approximate surface area is 144 Å². The Morgan fingerprint density at radius 1 is 1.24 bits per heavy atom. The highest BCUT2D eigenvalue weighted by Crippen LogP contribution is 2.31. The van der Waals surface area contributed by atoms with E-state index in [4.69, 9.17) is 9.26 Å². The van der Waals surface area contributed by atoms with Crippen LogP contribution in [0, 0.1) is 0 Å². The molecule has 0 amide bonds. The number of hydrogen-bond acceptors (Lipinski definition) is 7. The second-order valence-electron chi connectivity index (χ2n) is 5.91. The Morgan fingerprint density at radius 2 is 2.08 bits per heavy atom. The van der Waals surface area contributed by atoms with Crippen LogP contribution in [0.5, 0.6) is 5.75 Å². The molecule has 1 unspecified atom stereocenters. The summed E-state index contributed by atoms with van der Waals surface area (Å²) in [6, 6.07) is 11.2. The number of methoxy groups -OCH3 is 1. The van der Waals surface area contributed by atoms with Crippen LogP contribution in [0.1, 0.15) is 6.42 Å². The molecule has 1 aromatic carbocycles. The lowest BCUT2D eigenvalue weighted by Gasteiger charge is -2.18. The standard InChI is InChI=1S/C18H18N4O3/c1-24-14-6-4-12(5-7-14)16-20-18(25-21-16)15-3-2-9-19-17(15)22-10-8-13(23)11-22/h2-7,9,13,23H,8,10-11H2,1H3. The Balaban J connectivity index is 1.66. The minimum Gasteiger partial charge on any atom is -0.497 e. The van der Waals surface area contributed by atoms with Gasteiger partial charge in [0.2, 0.25) is 5.82 Å². The number of aliphatic hydroxyl groups excluding tert-OH is 1. The van der Waals surface area contributed by atoms with Gasteiger partial charge in [0.05, 0.1) is 18.8 Å². The van der Waals surface area contributed by atoms with E-state index in [9.17, 15) is 5.11 Å². The number of hydrogen-bond donors (Lipinski definition) is 1. The summed E-state index contributed by atoms with van der Waals surface area (Å²) >= 11 is 0. The van der Waals surface area contributed by atoms with Crippen LogP contribution < -0.4 is 9.64 Å². The second-order valence-corrected chi connectivity index (χ2v) is 5.91. The van der Waals surface area contributed by atoms with E-state index in [1.165, 1.54) is 0 Å². The summed E-state index contributed by atoms with van der Waals surface area (Å²) in [6.07, 6.45) is 2.13. The van der Waals surface area contributed by atoms with Gasteiger partial charge in [-0.15, -0.1) is 0 Å². The molecule has 128 valence electrons. The Hall–Kier alpha value is -2.93. The molecule has 25 heavy (non-hydrogen) atoms. The first-order valence-corrected chi connectivity index (χ1v) is 8.11. The van der Waals surface area contributed by atoms with E-state index >= 15 is 0 Å². The molecule has 0 aliphatic carbocycles. The molecule has 1 aliphatic heterocycles. The number of aliphatic hydroxyl groups is 1. The highest BCUT2D eigenvalue weighted by Gasteiger charge is 2.25. The number of benzene rings is 1. The molecule has 1 aliphatic rings. The molecule has 4 rings (SSSR count). The van der Waals surface area contributed by atoms with Gasteiger partial charge in [0.25, 0.3) is 5.89 Å². The lowest BCUT2D eigenvalue weighted by molar-refractivity contribution is 0.198. The zero-order valence-electron chi connectivity index (χ0n) is 13.8. The predicted molar refractivity (Wildman–Crippen MR) is 92.4 cm³/mol. The van der Waals surface area contributed by atoms with Gasteiger partial charge in [0.1, 0.15) is 11.6 Å². The van der Waals surface area contributed by atoms with E-state index in [0.717, 1.165) is 35.7 Å². The lowest BCUT2D eigenvalue weighted by Crippen LogP contribution is -2.22. The lowest BCUT2D eigenvalue weighted by atomic mass is 10.2. The monoisotopic (exact) mass is 338 g/mol. The molecule has 3 aromatic rings. The number of β-amino-alcohol motifs (C(OH)–C–C–N with tert-alkyl or cyclic N) is 1. The molecule has 1 N–H and O–H groups in total. The molecule has 0 spiro atoms. The maximum absolute atomic E-state index is 9.79. The summed E-state index contributed by atoms with van der Waals surface area (Å²) in [5.41, 5.74) is 1.61. The summed E-state index contributed by atoms with van der Waals surface area (Å²) in [5, 5.41) is 13.9. The van der Waals surface area contributed by atoms with Gasteiger partial charge in [-0.05, 0) is 42.8 Å². The molecule has 1 atom stereocenters. The van der Waals surface area contributed by atoms with E-state index in [2.05, 4.69) is 15.1 Å². The fourth-order valence-electron chi connectivity index (χ4n) is 2.94. The third-order valence-corrected chi connectivity index (χ3v) is 4.25. The van der Waals surface area contributed by atoms with E-state index in [1.54, 1.807) is 13.3 Å². The molecule has 0 bridgehead atoms. The summed E-state index contributed by atoms with van der Waals surface area (Å²) in [5.74, 6) is 2.45. The van der Waals surface area contributed by atoms with Gasteiger partial charge in [-0.3, -0.25) is 0 Å². The van der Waals surface area contributed by atoms with Gasteiger partial charge in [0.15, 0.2) is 0 Å². The topological polar surface area (TPSA) is 84.5 Å². The number of rotatable bonds is 4. The molecule has 2 aromatic heterocycles. The minimum absolute atomic E-state index is 0.326. The smallest absolute Gasteiger partial charge is 0.261 e. The maximum atomic E-state index is 9.79. The fourth-order valence-corrected chi connectivity index (χ4v) is 2.94. The molecule has 1 fully saturated rings. The van der Waals surface area contributed by atoms with Gasteiger partial charge in [-0.25, -0.2) is 4.98 Å². The zero-order valence-corrected chi connectivity index (χ0v) is 13.8. The normalized spacial score (nSPS) is 17.0. The van der Waals surface area contributed by atoms with Gasteiger partial charge in [-0.1, -0.05) is 5.16 Å². The van der Waals surface area contributed by atoms with Gasteiger partial charge in [0, 0.05) is 24.8 Å². The maximum Gasteiger partial charge on any atom is 0.261 e. The first kappa shape index (κ1) is 15.6. The van der Waals surface area contributed by atoms with Crippen molar-refractivity contribution in [2.75, 3.05) is 25.1 Å². The Kier molecular flexibility index (Phi) is 4.07. The number of anilines is 1. The highest BCUT2D eigenvalue weighted by molar-refractivity contribution is 5.71. The van der Waals surface area contributed by atoms with Gasteiger partial charge in [-0.2, -0.15) is 4.98 Å². The molecule has 0 radical (unpaired) electrons. The van der Waals surface area contributed by atoms with E-state index in [0.29, 0.717) is 18.3 Å². The first-order chi connectivity index (χ1) is 12.2. The quantitative estimate of drug-likeness (QED) is 0.782. The molecular formula is C18H18N4O3. The number of aromatic nitrogens is 3. The summed E-state index contributed by atoms with van der Waals surface area (Å²) in [4.78, 5) is 11.0. The molecule has 3 heterocycles. The van der Waals surface area contributed by atoms with Crippen molar-refractivity contribution in [3.05, 3.63) is 42.6 Å². The first-order valence-electron chi connectivity index (χ1n) is 8.11. The molecule has 7 heteroatoms. The van der Waals surface area contributed by atoms with Crippen molar-refractivity contribution >= 4 is 5.82 Å². The Morgan fingerprint density at radius 3 is 2.80 bits per heavy atom. The predicted octanol–water partition coefficient (Wildman–Crippen LogP) is 2.38. The number of ether oxygens (including phenoxy) is 1. The van der Waals surface area contributed by atoms with E-state index in [1.807, 2.05) is 41.3 Å². The van der Waals surface area contributed by atoms with Crippen LogP contribution in [0.3, 0.4) is 0 Å². The van der Waals surface area contributed by atoms with Crippen LogP contribution in [0.25, 0.3) is 22.8 Å².